The van der Waals surface area contributed by atoms with Gasteiger partial charge in [-0.05, 0) is 18.6 Å². The molecule has 20 heavy (non-hydrogen) atoms. The van der Waals surface area contributed by atoms with Crippen LogP contribution in [0.15, 0.2) is 4.99 Å². The fraction of sp³-hybridized carbons (Fsp3) is 0.929. The van der Waals surface area contributed by atoms with Crippen LogP contribution >= 0.6 is 11.8 Å². The highest BCUT2D eigenvalue weighted by molar-refractivity contribution is 7.99. The summed E-state index contributed by atoms with van der Waals surface area (Å²) in [5.74, 6) is 3.00. The van der Waals surface area contributed by atoms with E-state index in [9.17, 15) is 0 Å². The van der Waals surface area contributed by atoms with Crippen molar-refractivity contribution in [1.82, 2.24) is 10.2 Å². The summed E-state index contributed by atoms with van der Waals surface area (Å²) >= 11 is 2.03. The molecule has 1 atom stereocenters. The summed E-state index contributed by atoms with van der Waals surface area (Å²) in [5, 5.41) is 3.21. The van der Waals surface area contributed by atoms with E-state index in [1.807, 2.05) is 11.8 Å². The van der Waals surface area contributed by atoms with Crippen molar-refractivity contribution in [3.05, 3.63) is 0 Å². The Morgan fingerprint density at radius 1 is 1.45 bits per heavy atom. The molecule has 0 bridgehead atoms. The summed E-state index contributed by atoms with van der Waals surface area (Å²) in [6.45, 7) is 7.66. The molecule has 0 saturated carbocycles. The molecule has 1 unspecified atom stereocenters. The van der Waals surface area contributed by atoms with Crippen LogP contribution in [-0.2, 0) is 4.74 Å². The van der Waals surface area contributed by atoms with E-state index in [2.05, 4.69) is 22.1 Å². The lowest BCUT2D eigenvalue weighted by Gasteiger charge is -2.42. The van der Waals surface area contributed by atoms with Crippen LogP contribution in [0.1, 0.15) is 26.2 Å². The van der Waals surface area contributed by atoms with Crippen LogP contribution in [0.3, 0.4) is 0 Å². The summed E-state index contributed by atoms with van der Waals surface area (Å²) in [6.07, 6.45) is 3.53. The summed E-state index contributed by atoms with van der Waals surface area (Å²) in [4.78, 5) is 7.18. The van der Waals surface area contributed by atoms with Gasteiger partial charge in [-0.25, -0.2) is 0 Å². The Labute approximate surface area is 126 Å². The van der Waals surface area contributed by atoms with Crippen LogP contribution in [-0.4, -0.2) is 67.3 Å². The number of thioether (sulfide) groups is 1. The highest BCUT2D eigenvalue weighted by atomic mass is 32.2. The Kier molecular flexibility index (Phi) is 6.45. The predicted octanol–water partition coefficient (Wildman–Crippen LogP) is 0.899. The van der Waals surface area contributed by atoms with E-state index in [4.69, 9.17) is 10.5 Å². The lowest BCUT2D eigenvalue weighted by molar-refractivity contribution is -0.0104. The number of aliphatic imine (C=N–C) groups is 1. The van der Waals surface area contributed by atoms with Gasteiger partial charge in [0.15, 0.2) is 5.96 Å². The number of nitrogens with one attached hydrogen (secondary N) is 1. The maximum atomic E-state index is 5.97. The first-order chi connectivity index (χ1) is 9.77. The third-order valence-corrected chi connectivity index (χ3v) is 5.38. The number of ether oxygens (including phenoxy) is 1. The summed E-state index contributed by atoms with van der Waals surface area (Å²) in [7, 11) is 0. The number of nitrogens with two attached hydrogens (primary N) is 1. The molecule has 3 N–H and O–H groups in total. The molecule has 0 aliphatic carbocycles. The minimum Gasteiger partial charge on any atom is -0.379 e. The van der Waals surface area contributed by atoms with Crippen LogP contribution in [0.2, 0.25) is 0 Å². The molecule has 0 aromatic carbocycles. The van der Waals surface area contributed by atoms with Gasteiger partial charge in [-0.15, -0.1) is 0 Å². The molecule has 2 saturated heterocycles. The van der Waals surface area contributed by atoms with Gasteiger partial charge < -0.3 is 15.8 Å². The van der Waals surface area contributed by atoms with Crippen molar-refractivity contribution in [2.24, 2.45) is 10.7 Å². The second-order valence-corrected chi connectivity index (χ2v) is 6.71. The largest absolute Gasteiger partial charge is 0.379 e. The standard InChI is InChI=1S/C14H28N4OS/c1-2-3-5-16-13(15)17-11-14(4-10-20-12-14)18-6-8-19-9-7-18/h2-12H2,1H3,(H3,15,16,17). The van der Waals surface area contributed by atoms with Gasteiger partial charge in [-0.1, -0.05) is 13.3 Å². The molecule has 0 spiro atoms. The van der Waals surface area contributed by atoms with E-state index in [0.29, 0.717) is 5.96 Å². The average molecular weight is 300 g/mol. The molecule has 2 heterocycles. The second kappa shape index (κ2) is 8.10. The second-order valence-electron chi connectivity index (χ2n) is 5.61. The minimum absolute atomic E-state index is 0.200. The molecule has 116 valence electrons. The molecule has 2 aliphatic rings. The van der Waals surface area contributed by atoms with Crippen molar-refractivity contribution in [3.8, 4) is 0 Å². The van der Waals surface area contributed by atoms with Crippen molar-refractivity contribution in [3.63, 3.8) is 0 Å². The predicted molar refractivity (Wildman–Crippen MR) is 86.5 cm³/mol. The summed E-state index contributed by atoms with van der Waals surface area (Å²) < 4.78 is 5.47. The maximum absolute atomic E-state index is 5.97. The molecule has 2 rings (SSSR count). The van der Waals surface area contributed by atoms with E-state index in [1.165, 1.54) is 24.3 Å². The van der Waals surface area contributed by atoms with Crippen molar-refractivity contribution >= 4 is 17.7 Å². The third-order valence-electron chi connectivity index (χ3n) is 4.14. The van der Waals surface area contributed by atoms with Crippen molar-refractivity contribution in [2.45, 2.75) is 31.7 Å². The number of nitrogens with zero attached hydrogens (tertiary/aromatic N) is 2. The fourth-order valence-electron chi connectivity index (χ4n) is 2.79. The molecule has 0 amide bonds. The summed E-state index contributed by atoms with van der Waals surface area (Å²) in [5.41, 5.74) is 6.17. The first kappa shape index (κ1) is 15.9. The first-order valence-electron chi connectivity index (χ1n) is 7.71. The highest BCUT2D eigenvalue weighted by Gasteiger charge is 2.40. The minimum atomic E-state index is 0.200. The zero-order chi connectivity index (χ0) is 14.3. The van der Waals surface area contributed by atoms with Gasteiger partial charge in [-0.3, -0.25) is 9.89 Å². The maximum Gasteiger partial charge on any atom is 0.188 e. The van der Waals surface area contributed by atoms with E-state index in [-0.39, 0.29) is 5.54 Å². The molecular formula is C14H28N4OS. The lowest BCUT2D eigenvalue weighted by atomic mass is 9.96. The number of guanidine groups is 1. The van der Waals surface area contributed by atoms with Crippen LogP contribution in [0.25, 0.3) is 0 Å². The number of hydrogen-bond donors (Lipinski definition) is 2. The number of rotatable bonds is 6. The van der Waals surface area contributed by atoms with E-state index < -0.39 is 0 Å². The third kappa shape index (κ3) is 4.27. The van der Waals surface area contributed by atoms with Crippen LogP contribution in [0.5, 0.6) is 0 Å². The Morgan fingerprint density at radius 2 is 2.25 bits per heavy atom. The first-order valence-corrected chi connectivity index (χ1v) is 8.87. The van der Waals surface area contributed by atoms with Gasteiger partial charge in [0.05, 0.1) is 25.3 Å². The highest BCUT2D eigenvalue weighted by Crippen LogP contribution is 2.34. The quantitative estimate of drug-likeness (QED) is 0.433. The van der Waals surface area contributed by atoms with E-state index in [1.54, 1.807) is 0 Å². The topological polar surface area (TPSA) is 62.9 Å². The molecule has 0 aromatic heterocycles. The normalized spacial score (nSPS) is 28.8. The zero-order valence-electron chi connectivity index (χ0n) is 12.6. The molecule has 5 nitrogen and oxygen atoms in total. The van der Waals surface area contributed by atoms with Crippen LogP contribution in [0, 0.1) is 0 Å². The average Bonchev–Trinajstić information content (AvgIpc) is 2.97. The monoisotopic (exact) mass is 300 g/mol. The van der Waals surface area contributed by atoms with Crippen molar-refractivity contribution in [1.29, 1.82) is 0 Å². The van der Waals surface area contributed by atoms with Gasteiger partial charge >= 0.3 is 0 Å². The molecule has 0 aromatic rings. The molecule has 0 radical (unpaired) electrons. The van der Waals surface area contributed by atoms with Gasteiger partial charge in [-0.2, -0.15) is 11.8 Å². The van der Waals surface area contributed by atoms with E-state index in [0.717, 1.165) is 45.8 Å². The van der Waals surface area contributed by atoms with Gasteiger partial charge in [0, 0.05) is 25.4 Å². The Morgan fingerprint density at radius 3 is 2.90 bits per heavy atom. The number of morpholine rings is 1. The van der Waals surface area contributed by atoms with E-state index >= 15 is 0 Å². The Hall–Kier alpha value is -0.460. The summed E-state index contributed by atoms with van der Waals surface area (Å²) in [6, 6.07) is 0. The fourth-order valence-corrected chi connectivity index (χ4v) is 4.26. The van der Waals surface area contributed by atoms with Crippen LogP contribution in [0.4, 0.5) is 0 Å². The van der Waals surface area contributed by atoms with Gasteiger partial charge in [0.2, 0.25) is 0 Å². The van der Waals surface area contributed by atoms with Gasteiger partial charge in [0.1, 0.15) is 0 Å². The van der Waals surface area contributed by atoms with Crippen molar-refractivity contribution < 1.29 is 4.74 Å². The SMILES string of the molecule is CCCCNC(N)=NCC1(N2CCOCC2)CCSC1. The molecular weight excluding hydrogens is 272 g/mol. The Bertz CT molecular complexity index is 312. The zero-order valence-corrected chi connectivity index (χ0v) is 13.4. The molecule has 6 heteroatoms. The number of hydrogen-bond acceptors (Lipinski definition) is 4. The lowest BCUT2D eigenvalue weighted by Crippen LogP contribution is -2.56. The van der Waals surface area contributed by atoms with Gasteiger partial charge in [0.25, 0.3) is 0 Å². The van der Waals surface area contributed by atoms with Crippen LogP contribution < -0.4 is 11.1 Å². The smallest absolute Gasteiger partial charge is 0.188 e. The molecule has 2 fully saturated rings. The number of unbranched alkanes of at least 4 members (excludes halogenated alkanes) is 1. The van der Waals surface area contributed by atoms with Crippen molar-refractivity contribution in [2.75, 3.05) is 50.9 Å². The Balaban J connectivity index is 1.89. The molecule has 2 aliphatic heterocycles.